The minimum absolute atomic E-state index is 0.448. The number of hydrogen-bond acceptors (Lipinski definition) is 2. The Morgan fingerprint density at radius 1 is 1.56 bits per heavy atom. The summed E-state index contributed by atoms with van der Waals surface area (Å²) in [5.74, 6) is 0. The topological polar surface area (TPSA) is 46.5 Å². The summed E-state index contributed by atoms with van der Waals surface area (Å²) in [5.41, 5.74) is 0. The first-order chi connectivity index (χ1) is 4.27. The third-order valence-corrected chi connectivity index (χ3v) is 1.92. The van der Waals surface area contributed by atoms with Gasteiger partial charge in [0.05, 0.1) is 0 Å². The average Bonchev–Trinajstić information content (AvgIpc) is 1.80. The Morgan fingerprint density at radius 2 is 2.22 bits per heavy atom. The van der Waals surface area contributed by atoms with Crippen molar-refractivity contribution in [2.45, 2.75) is 26.2 Å². The standard InChI is InChI=1S/C5H13AsO3/c1-2-3-4-5-9-6(7)8/h6H,2-5H2,1H3,(H,7,8). The monoisotopic (exact) mass is 196 g/mol. The predicted molar refractivity (Wildman–Crippen MR) is 35.5 cm³/mol. The van der Waals surface area contributed by atoms with Crippen LogP contribution in [0.1, 0.15) is 26.2 Å². The zero-order valence-corrected chi connectivity index (χ0v) is 7.69. The van der Waals surface area contributed by atoms with Gasteiger partial charge in [0.2, 0.25) is 0 Å². The van der Waals surface area contributed by atoms with Gasteiger partial charge in [0, 0.05) is 0 Å². The first kappa shape index (κ1) is 9.28. The molecule has 9 heavy (non-hydrogen) atoms. The molecule has 0 spiro atoms. The molecule has 0 saturated carbocycles. The molecule has 0 saturated heterocycles. The van der Waals surface area contributed by atoms with Crippen molar-refractivity contribution in [2.75, 3.05) is 6.61 Å². The van der Waals surface area contributed by atoms with E-state index in [4.69, 9.17) is 4.10 Å². The van der Waals surface area contributed by atoms with Crippen LogP contribution in [0.4, 0.5) is 0 Å². The van der Waals surface area contributed by atoms with Crippen LogP contribution in [-0.4, -0.2) is 26.0 Å². The second-order valence-corrected chi connectivity index (χ2v) is 3.54. The molecule has 0 aromatic carbocycles. The van der Waals surface area contributed by atoms with Gasteiger partial charge in [-0.3, -0.25) is 0 Å². The van der Waals surface area contributed by atoms with Gasteiger partial charge in [-0.25, -0.2) is 0 Å². The van der Waals surface area contributed by atoms with Crippen molar-refractivity contribution in [3.8, 4) is 0 Å². The molecule has 56 valence electrons. The maximum atomic E-state index is 9.99. The number of hydrogen-bond donors (Lipinski definition) is 1. The SMILES string of the molecule is CCCCCO[AsH](=O)O. The summed E-state index contributed by atoms with van der Waals surface area (Å²) in [4.78, 5) is 0. The molecule has 1 N–H and O–H groups in total. The van der Waals surface area contributed by atoms with Crippen molar-refractivity contribution >= 4 is 15.3 Å². The van der Waals surface area contributed by atoms with E-state index < -0.39 is 15.3 Å². The fourth-order valence-corrected chi connectivity index (χ4v) is 1.18. The molecular weight excluding hydrogens is 183 g/mol. The Bertz CT molecular complexity index is 84.3. The van der Waals surface area contributed by atoms with Gasteiger partial charge in [-0.15, -0.1) is 0 Å². The minimum atomic E-state index is -3.19. The molecule has 0 aromatic heterocycles. The maximum absolute atomic E-state index is 9.99. The molecule has 0 aromatic rings. The second-order valence-electron chi connectivity index (χ2n) is 1.82. The molecule has 0 aliphatic carbocycles. The second kappa shape index (κ2) is 6.40. The van der Waals surface area contributed by atoms with Crippen molar-refractivity contribution in [3.05, 3.63) is 0 Å². The van der Waals surface area contributed by atoms with Gasteiger partial charge in [0.15, 0.2) is 0 Å². The van der Waals surface area contributed by atoms with Crippen molar-refractivity contribution in [1.82, 2.24) is 0 Å². The van der Waals surface area contributed by atoms with Crippen LogP contribution < -0.4 is 0 Å². The van der Waals surface area contributed by atoms with E-state index in [-0.39, 0.29) is 0 Å². The van der Waals surface area contributed by atoms with Crippen molar-refractivity contribution < 1.29 is 11.6 Å². The number of rotatable bonds is 5. The third kappa shape index (κ3) is 8.28. The zero-order chi connectivity index (χ0) is 7.11. The van der Waals surface area contributed by atoms with E-state index in [0.717, 1.165) is 19.3 Å². The molecule has 4 heteroatoms. The summed E-state index contributed by atoms with van der Waals surface area (Å²) < 4.78 is 22.7. The first-order valence-electron chi connectivity index (χ1n) is 3.13. The van der Waals surface area contributed by atoms with Crippen molar-refractivity contribution in [2.24, 2.45) is 0 Å². The first-order valence-corrected chi connectivity index (χ1v) is 5.78. The Labute approximate surface area is 60.2 Å². The van der Waals surface area contributed by atoms with Crippen LogP contribution in [0.2, 0.25) is 0 Å². The molecule has 1 unspecified atom stereocenters. The van der Waals surface area contributed by atoms with E-state index in [2.05, 4.69) is 10.6 Å². The van der Waals surface area contributed by atoms with Crippen LogP contribution in [0.5, 0.6) is 0 Å². The summed E-state index contributed by atoms with van der Waals surface area (Å²) in [6, 6.07) is 0. The molecule has 3 nitrogen and oxygen atoms in total. The van der Waals surface area contributed by atoms with Gasteiger partial charge in [0.1, 0.15) is 0 Å². The van der Waals surface area contributed by atoms with E-state index in [1.54, 1.807) is 0 Å². The van der Waals surface area contributed by atoms with Crippen LogP contribution in [0.15, 0.2) is 0 Å². The Kier molecular flexibility index (Phi) is 6.60. The molecular formula is C5H13AsO3. The summed E-state index contributed by atoms with van der Waals surface area (Å²) in [6.45, 7) is 2.52. The molecule has 0 rings (SSSR count). The van der Waals surface area contributed by atoms with Gasteiger partial charge in [-0.1, -0.05) is 0 Å². The summed E-state index contributed by atoms with van der Waals surface area (Å²) in [6.07, 6.45) is 3.09. The average molecular weight is 196 g/mol. The third-order valence-electron chi connectivity index (χ3n) is 0.973. The summed E-state index contributed by atoms with van der Waals surface area (Å²) in [5, 5.41) is 0. The van der Waals surface area contributed by atoms with Gasteiger partial charge in [-0.2, -0.15) is 0 Å². The summed E-state index contributed by atoms with van der Waals surface area (Å²) in [7, 11) is 0. The van der Waals surface area contributed by atoms with E-state index >= 15 is 0 Å². The quantitative estimate of drug-likeness (QED) is 0.509. The van der Waals surface area contributed by atoms with Crippen LogP contribution in [-0.2, 0) is 7.47 Å². The Hall–Kier alpha value is 0.278. The molecule has 1 atom stereocenters. The predicted octanol–water partition coefficient (Wildman–Crippen LogP) is 0.333. The molecule has 0 fully saturated rings. The molecule has 0 aliphatic heterocycles. The fraction of sp³-hybridized carbons (Fsp3) is 1.00. The van der Waals surface area contributed by atoms with Gasteiger partial charge in [0.25, 0.3) is 0 Å². The Balaban J connectivity index is 2.83. The van der Waals surface area contributed by atoms with Crippen LogP contribution in [0, 0.1) is 0 Å². The van der Waals surface area contributed by atoms with E-state index in [9.17, 15) is 3.74 Å². The number of unbranched alkanes of at least 4 members (excludes halogenated alkanes) is 2. The van der Waals surface area contributed by atoms with Gasteiger partial charge in [-0.05, 0) is 0 Å². The normalized spacial score (nSPS) is 13.6. The van der Waals surface area contributed by atoms with E-state index in [1.165, 1.54) is 0 Å². The fourth-order valence-electron chi connectivity index (χ4n) is 0.512. The van der Waals surface area contributed by atoms with Gasteiger partial charge < -0.3 is 0 Å². The summed E-state index contributed by atoms with van der Waals surface area (Å²) >= 11 is -3.19. The van der Waals surface area contributed by atoms with Crippen LogP contribution in [0.25, 0.3) is 0 Å². The molecule has 0 bridgehead atoms. The molecule has 0 aliphatic rings. The van der Waals surface area contributed by atoms with E-state index in [0.29, 0.717) is 6.61 Å². The van der Waals surface area contributed by atoms with Crippen LogP contribution >= 0.6 is 0 Å². The van der Waals surface area contributed by atoms with E-state index in [1.807, 2.05) is 0 Å². The van der Waals surface area contributed by atoms with Gasteiger partial charge >= 0.3 is 59.6 Å². The van der Waals surface area contributed by atoms with Crippen LogP contribution in [0.3, 0.4) is 0 Å². The van der Waals surface area contributed by atoms with Crippen molar-refractivity contribution in [3.63, 3.8) is 0 Å². The Morgan fingerprint density at radius 3 is 2.67 bits per heavy atom. The zero-order valence-electron chi connectivity index (χ0n) is 5.59. The molecule has 0 radical (unpaired) electrons. The molecule has 0 heterocycles. The molecule has 0 amide bonds. The van der Waals surface area contributed by atoms with Crippen molar-refractivity contribution in [1.29, 1.82) is 0 Å².